The third kappa shape index (κ3) is 2.73. The van der Waals surface area contributed by atoms with Crippen molar-refractivity contribution in [2.24, 2.45) is 0 Å². The van der Waals surface area contributed by atoms with Gasteiger partial charge in [0.05, 0.1) is 5.56 Å². The number of nitrogens with one attached hydrogen (secondary N) is 1. The van der Waals surface area contributed by atoms with Crippen LogP contribution in [0.3, 0.4) is 0 Å². The van der Waals surface area contributed by atoms with Gasteiger partial charge in [0.25, 0.3) is 5.56 Å². The lowest BCUT2D eigenvalue weighted by Gasteiger charge is -2.13. The first kappa shape index (κ1) is 16.4. The van der Waals surface area contributed by atoms with E-state index < -0.39 is 23.0 Å². The van der Waals surface area contributed by atoms with E-state index in [2.05, 4.69) is 20.9 Å². The third-order valence-corrected chi connectivity index (χ3v) is 4.04. The second-order valence-corrected chi connectivity index (χ2v) is 6.01. The molecule has 0 saturated heterocycles. The third-order valence-electron chi connectivity index (χ3n) is 3.54. The standard InChI is InChI=1S/C16H9BrF3NO3/c17-8-2-4-12(22)10(6-8)13-9-3-1-7(16(18,19)20)5-11(9)21-15(24)14(13)23/h1-6,22-23H,(H,21,24). The summed E-state index contributed by atoms with van der Waals surface area (Å²) in [6.45, 7) is 0. The first-order chi connectivity index (χ1) is 11.2. The monoisotopic (exact) mass is 399 g/mol. The van der Waals surface area contributed by atoms with Crippen LogP contribution < -0.4 is 5.56 Å². The molecule has 8 heteroatoms. The van der Waals surface area contributed by atoms with Crippen molar-refractivity contribution in [3.63, 3.8) is 0 Å². The Morgan fingerprint density at radius 1 is 1.04 bits per heavy atom. The van der Waals surface area contributed by atoms with E-state index in [9.17, 15) is 28.2 Å². The molecule has 3 N–H and O–H groups in total. The molecule has 3 aromatic rings. The van der Waals surface area contributed by atoms with E-state index in [1.54, 1.807) is 6.07 Å². The lowest BCUT2D eigenvalue weighted by molar-refractivity contribution is -0.137. The molecule has 1 aromatic heterocycles. The quantitative estimate of drug-likeness (QED) is 0.568. The van der Waals surface area contributed by atoms with Crippen molar-refractivity contribution in [2.45, 2.75) is 6.18 Å². The number of halogens is 4. The van der Waals surface area contributed by atoms with E-state index in [0.29, 0.717) is 4.47 Å². The van der Waals surface area contributed by atoms with E-state index in [1.807, 2.05) is 0 Å². The van der Waals surface area contributed by atoms with Gasteiger partial charge in [-0.2, -0.15) is 13.2 Å². The Morgan fingerprint density at radius 3 is 2.42 bits per heavy atom. The van der Waals surface area contributed by atoms with Gasteiger partial charge in [0.15, 0.2) is 5.75 Å². The smallest absolute Gasteiger partial charge is 0.416 e. The molecule has 0 radical (unpaired) electrons. The summed E-state index contributed by atoms with van der Waals surface area (Å²) in [6, 6.07) is 7.13. The maximum absolute atomic E-state index is 12.8. The van der Waals surface area contributed by atoms with Crippen LogP contribution in [-0.2, 0) is 6.18 Å². The number of H-pyrrole nitrogens is 1. The van der Waals surface area contributed by atoms with Crippen molar-refractivity contribution in [3.05, 3.63) is 56.8 Å². The number of aromatic nitrogens is 1. The predicted octanol–water partition coefficient (Wildman–Crippen LogP) is 4.39. The topological polar surface area (TPSA) is 73.3 Å². The van der Waals surface area contributed by atoms with Crippen LogP contribution in [-0.4, -0.2) is 15.2 Å². The highest BCUT2D eigenvalue weighted by Gasteiger charge is 2.31. The van der Waals surface area contributed by atoms with Gasteiger partial charge in [0, 0.05) is 26.5 Å². The molecule has 0 spiro atoms. The van der Waals surface area contributed by atoms with Gasteiger partial charge in [-0.25, -0.2) is 0 Å². The van der Waals surface area contributed by atoms with Gasteiger partial charge < -0.3 is 15.2 Å². The Hall–Kier alpha value is -2.48. The van der Waals surface area contributed by atoms with Crippen molar-refractivity contribution in [3.8, 4) is 22.6 Å². The van der Waals surface area contributed by atoms with Crippen LogP contribution in [0.25, 0.3) is 22.0 Å². The Kier molecular flexibility index (Phi) is 3.79. The van der Waals surface area contributed by atoms with Gasteiger partial charge in [-0.15, -0.1) is 0 Å². The van der Waals surface area contributed by atoms with Gasteiger partial charge in [0.1, 0.15) is 5.75 Å². The minimum atomic E-state index is -4.57. The summed E-state index contributed by atoms with van der Waals surface area (Å²) in [5.74, 6) is -0.907. The zero-order valence-corrected chi connectivity index (χ0v) is 13.4. The predicted molar refractivity (Wildman–Crippen MR) is 86.0 cm³/mol. The van der Waals surface area contributed by atoms with Gasteiger partial charge in [-0.1, -0.05) is 22.0 Å². The minimum Gasteiger partial charge on any atom is -0.507 e. The van der Waals surface area contributed by atoms with Crippen LogP contribution >= 0.6 is 15.9 Å². The van der Waals surface area contributed by atoms with Gasteiger partial charge in [-0.05, 0) is 30.3 Å². The number of rotatable bonds is 1. The molecule has 0 aliphatic rings. The van der Waals surface area contributed by atoms with Crippen LogP contribution in [0.4, 0.5) is 13.2 Å². The highest BCUT2D eigenvalue weighted by Crippen LogP contribution is 2.40. The SMILES string of the molecule is O=c1[nH]c2cc(C(F)(F)F)ccc2c(-c2cc(Br)ccc2O)c1O. The number of pyridine rings is 1. The molecular formula is C16H9BrF3NO3. The average Bonchev–Trinajstić information content (AvgIpc) is 2.50. The fraction of sp³-hybridized carbons (Fsp3) is 0.0625. The normalized spacial score (nSPS) is 11.8. The Balaban J connectivity index is 2.41. The Labute approximate surface area is 141 Å². The second-order valence-electron chi connectivity index (χ2n) is 5.10. The number of aromatic hydroxyl groups is 2. The molecule has 0 amide bonds. The Bertz CT molecular complexity index is 1010. The molecule has 0 aliphatic heterocycles. The highest BCUT2D eigenvalue weighted by molar-refractivity contribution is 9.10. The molecule has 4 nitrogen and oxygen atoms in total. The first-order valence-electron chi connectivity index (χ1n) is 6.63. The number of hydrogen-bond donors (Lipinski definition) is 3. The number of alkyl halides is 3. The molecule has 0 aliphatic carbocycles. The van der Waals surface area contributed by atoms with E-state index in [0.717, 1.165) is 18.2 Å². The van der Waals surface area contributed by atoms with Crippen LogP contribution in [0.15, 0.2) is 45.7 Å². The first-order valence-corrected chi connectivity index (χ1v) is 7.43. The summed E-state index contributed by atoms with van der Waals surface area (Å²) < 4.78 is 39.1. The molecule has 0 unspecified atom stereocenters. The van der Waals surface area contributed by atoms with Crippen molar-refractivity contribution in [1.29, 1.82) is 0 Å². The number of fused-ring (bicyclic) bond motifs is 1. The lowest BCUT2D eigenvalue weighted by Crippen LogP contribution is -2.09. The number of phenols is 1. The molecule has 0 bridgehead atoms. The van der Waals surface area contributed by atoms with E-state index in [1.165, 1.54) is 12.1 Å². The zero-order chi connectivity index (χ0) is 17.6. The second kappa shape index (κ2) is 5.55. The van der Waals surface area contributed by atoms with E-state index in [-0.39, 0.29) is 27.8 Å². The number of hydrogen-bond acceptors (Lipinski definition) is 3. The highest BCUT2D eigenvalue weighted by atomic mass is 79.9. The molecule has 3 rings (SSSR count). The minimum absolute atomic E-state index is 0.0405. The van der Waals surface area contributed by atoms with Crippen LogP contribution in [0, 0.1) is 0 Å². The van der Waals surface area contributed by atoms with Crippen molar-refractivity contribution < 1.29 is 23.4 Å². The average molecular weight is 400 g/mol. The lowest BCUT2D eigenvalue weighted by atomic mass is 9.98. The molecule has 0 saturated carbocycles. The van der Waals surface area contributed by atoms with E-state index >= 15 is 0 Å². The molecular weight excluding hydrogens is 391 g/mol. The largest absolute Gasteiger partial charge is 0.507 e. The summed E-state index contributed by atoms with van der Waals surface area (Å²) >= 11 is 3.21. The number of benzene rings is 2. The maximum atomic E-state index is 12.8. The van der Waals surface area contributed by atoms with Crippen LogP contribution in [0.1, 0.15) is 5.56 Å². The van der Waals surface area contributed by atoms with Crippen molar-refractivity contribution in [2.75, 3.05) is 0 Å². The number of aromatic amines is 1. The van der Waals surface area contributed by atoms with Gasteiger partial charge in [-0.3, -0.25) is 4.79 Å². The molecule has 2 aromatic carbocycles. The maximum Gasteiger partial charge on any atom is 0.416 e. The van der Waals surface area contributed by atoms with Gasteiger partial charge >= 0.3 is 6.18 Å². The summed E-state index contributed by atoms with van der Waals surface area (Å²) in [5, 5.41) is 20.3. The molecule has 1 heterocycles. The fourth-order valence-electron chi connectivity index (χ4n) is 2.45. The molecule has 124 valence electrons. The zero-order valence-electron chi connectivity index (χ0n) is 11.8. The fourth-order valence-corrected chi connectivity index (χ4v) is 2.81. The van der Waals surface area contributed by atoms with Crippen LogP contribution in [0.2, 0.25) is 0 Å². The molecule has 0 fully saturated rings. The van der Waals surface area contributed by atoms with Crippen molar-refractivity contribution >= 4 is 26.8 Å². The number of phenolic OH excluding ortho intramolecular Hbond substituents is 1. The summed E-state index contributed by atoms with van der Waals surface area (Å²) in [4.78, 5) is 14.1. The van der Waals surface area contributed by atoms with Crippen LogP contribution in [0.5, 0.6) is 11.5 Å². The molecule has 24 heavy (non-hydrogen) atoms. The van der Waals surface area contributed by atoms with Gasteiger partial charge in [0.2, 0.25) is 0 Å². The summed E-state index contributed by atoms with van der Waals surface area (Å²) in [5.41, 5.74) is -1.89. The summed E-state index contributed by atoms with van der Waals surface area (Å²) in [7, 11) is 0. The molecule has 0 atom stereocenters. The van der Waals surface area contributed by atoms with Crippen molar-refractivity contribution in [1.82, 2.24) is 4.98 Å². The Morgan fingerprint density at radius 2 is 1.75 bits per heavy atom. The summed E-state index contributed by atoms with van der Waals surface area (Å²) in [6.07, 6.45) is -4.57. The van der Waals surface area contributed by atoms with E-state index in [4.69, 9.17) is 0 Å².